The molecule has 2 amide bonds. The van der Waals surface area contributed by atoms with Crippen LogP contribution in [0.3, 0.4) is 0 Å². The van der Waals surface area contributed by atoms with Crippen LogP contribution in [-0.2, 0) is 105 Å². The normalized spacial score (nSPS) is 38.3. The van der Waals surface area contributed by atoms with Crippen LogP contribution in [0, 0.1) is 0 Å². The second-order valence-electron chi connectivity index (χ2n) is 21.5. The van der Waals surface area contributed by atoms with Crippen LogP contribution in [0.25, 0.3) is 0 Å². The van der Waals surface area contributed by atoms with E-state index in [0.29, 0.717) is 13.0 Å². The van der Waals surface area contributed by atoms with Gasteiger partial charge in [-0.05, 0) is 19.4 Å². The van der Waals surface area contributed by atoms with Gasteiger partial charge in [-0.2, -0.15) is 0 Å². The van der Waals surface area contributed by atoms with Crippen molar-refractivity contribution >= 4 is 41.7 Å². The summed E-state index contributed by atoms with van der Waals surface area (Å²) in [5.74, 6) is -10.5. The van der Waals surface area contributed by atoms with Crippen molar-refractivity contribution in [1.82, 2.24) is 10.6 Å². The van der Waals surface area contributed by atoms with Gasteiger partial charge in [0, 0.05) is 48.1 Å². The first-order valence-corrected chi connectivity index (χ1v) is 28.3. The first-order chi connectivity index (χ1) is 41.6. The summed E-state index contributed by atoms with van der Waals surface area (Å²) in [6.45, 7) is 1.37. The van der Waals surface area contributed by atoms with Crippen LogP contribution in [-0.4, -0.2) is 310 Å². The van der Waals surface area contributed by atoms with Gasteiger partial charge in [0.25, 0.3) is 5.79 Å². The molecule has 36 heteroatoms. The Bertz CT molecular complexity index is 2270. The van der Waals surface area contributed by atoms with Crippen molar-refractivity contribution in [3.8, 4) is 0 Å². The van der Waals surface area contributed by atoms with Crippen LogP contribution >= 0.6 is 0 Å². The van der Waals surface area contributed by atoms with Crippen molar-refractivity contribution in [3.63, 3.8) is 0 Å². The Hall–Kier alpha value is -4.59. The Balaban J connectivity index is 1.46. The van der Waals surface area contributed by atoms with E-state index in [0.717, 1.165) is 67.9 Å². The van der Waals surface area contributed by atoms with Crippen LogP contribution < -0.4 is 16.4 Å². The lowest BCUT2D eigenvalue weighted by Gasteiger charge is -2.52. The van der Waals surface area contributed by atoms with Crippen molar-refractivity contribution in [3.05, 3.63) is 0 Å². The summed E-state index contributed by atoms with van der Waals surface area (Å²) < 4.78 is 85.8. The van der Waals surface area contributed by atoms with E-state index >= 15 is 0 Å². The second kappa shape index (κ2) is 34.2. The monoisotopic (exact) mass is 1280 g/mol. The lowest BCUT2D eigenvalue weighted by atomic mass is 9.87. The van der Waals surface area contributed by atoms with E-state index in [1.54, 1.807) is 0 Å². The van der Waals surface area contributed by atoms with Crippen molar-refractivity contribution in [2.45, 2.75) is 233 Å². The third-order valence-electron chi connectivity index (χ3n) is 14.8. The minimum atomic E-state index is -3.10. The number of nitrogens with two attached hydrogens (primary N) is 1. The molecular weight excluding hydrogens is 1190 g/mol. The fraction of sp³-hybridized carbons (Fsp3) is 0.865. The zero-order chi connectivity index (χ0) is 65.5. The highest BCUT2D eigenvalue weighted by Gasteiger charge is 2.63. The third-order valence-corrected chi connectivity index (χ3v) is 14.8. The Labute approximate surface area is 503 Å². The average Bonchev–Trinajstić information content (AvgIpc) is 0.782. The second-order valence-corrected chi connectivity index (χ2v) is 21.5. The fourth-order valence-electron chi connectivity index (χ4n) is 10.7. The number of carbonyl (C=O) groups excluding carboxylic acids is 7. The molecular formula is C52H85N3O33. The number of ether oxygens (including phenoxy) is 15. The summed E-state index contributed by atoms with van der Waals surface area (Å²) in [5, 5.41) is 128. The van der Waals surface area contributed by atoms with Gasteiger partial charge in [0.1, 0.15) is 116 Å². The number of rotatable bonds is 29. The molecule has 5 rings (SSSR count). The summed E-state index contributed by atoms with van der Waals surface area (Å²) in [7, 11) is 0.817. The number of hydrogen-bond donors (Lipinski definition) is 14. The number of hydrogen-bond acceptors (Lipinski definition) is 34. The quantitative estimate of drug-likeness (QED) is 0.0188. The fourth-order valence-corrected chi connectivity index (χ4v) is 10.7. The van der Waals surface area contributed by atoms with E-state index in [2.05, 4.69) is 10.6 Å². The Morgan fingerprint density at radius 1 is 0.545 bits per heavy atom. The van der Waals surface area contributed by atoms with E-state index in [1.807, 2.05) is 0 Å². The largest absolute Gasteiger partial charge is 0.465 e. The number of amides is 2. The maximum Gasteiger partial charge on any atom is 0.366 e. The molecule has 506 valence electrons. The molecule has 26 atom stereocenters. The molecule has 0 aromatic heterocycles. The molecule has 5 fully saturated rings. The summed E-state index contributed by atoms with van der Waals surface area (Å²) in [6, 6.07) is -3.55. The highest BCUT2D eigenvalue weighted by atomic mass is 16.8. The topological polar surface area (TPSA) is 531 Å². The van der Waals surface area contributed by atoms with Gasteiger partial charge in [-0.15, -0.1) is 0 Å². The maximum atomic E-state index is 14.3. The number of carbonyl (C=O) groups is 7. The van der Waals surface area contributed by atoms with Gasteiger partial charge in [-0.3, -0.25) is 28.8 Å². The van der Waals surface area contributed by atoms with E-state index in [9.17, 15) is 89.7 Å². The molecule has 5 aliphatic heterocycles. The van der Waals surface area contributed by atoms with Crippen LogP contribution in [0.15, 0.2) is 0 Å². The van der Waals surface area contributed by atoms with Gasteiger partial charge in [0.05, 0.1) is 46.0 Å². The molecule has 5 heterocycles. The number of nitrogens with one attached hydrogen (secondary N) is 2. The zero-order valence-corrected chi connectivity index (χ0v) is 49.4. The highest BCUT2D eigenvalue weighted by molar-refractivity contribution is 5.79. The molecule has 0 unspecified atom stereocenters. The number of methoxy groups -OCH3 is 1. The number of unbranched alkanes of at least 4 members (excludes halogenated alkanes) is 3. The molecule has 0 bridgehead atoms. The van der Waals surface area contributed by atoms with E-state index in [1.165, 1.54) is 0 Å². The minimum absolute atomic E-state index is 0.0976. The molecule has 0 aromatic rings. The summed E-state index contributed by atoms with van der Waals surface area (Å²) in [4.78, 5) is 90.1. The smallest absolute Gasteiger partial charge is 0.366 e. The molecule has 15 N–H and O–H groups in total. The van der Waals surface area contributed by atoms with Crippen molar-refractivity contribution < 1.29 is 161 Å². The standard InChI is InChI=1S/C52H85N3O33/c1-20(60)54-32-26(77-23(4)63)14-52(51(73)74-7,87-44(32)43(79-25(6)65)31(78-24(5)64)19-76-22(3)62)88-46-35(67)28(16-57)81-50(40(46)72)84-41-29(17-58)82-47(33(36(41)68)55-21(2)61)86-45-34(66)27(15-56)80-49(39(45)71)85-42-30(18-59)83-48(38(70)37(42)69)75-13-11-9-8-10-12-53/h26-50,56-59,66-72H,8-19,53H2,1-7H3,(H,54,60)(H,55,61)/t26-,27+,28+,29+,30+,31+,32+,33+,34-,35-,36+,37+,38+,39+,40+,41+,42+,43+,44+,45-,46-,47-,48+,49-,50-,52-/m0/s1. The SMILES string of the molecule is COC(=O)[C@@]1(O[C@H]2[C@@H](O)[C@@H](CO)O[C@@H](O[C@H]3[C@H](O)[C@@H](NC(C)=O)[C@H](O[C@H]4[C@@H](O)[C@@H](CO)O[C@@H](O[C@H]5[C@H](O)[C@@H](O)[C@H](OCCCCCCN)O[C@@H]5CO)[C@@H]4O)O[C@@H]3CO)[C@@H]2O)C[C@H](OC(C)=O)[C@@H](NC(C)=O)[C@H]([C@H](OC(C)=O)[C@@H](COC(C)=O)OC(C)=O)O1. The molecule has 5 aliphatic rings. The summed E-state index contributed by atoms with van der Waals surface area (Å²) in [5.41, 5.74) is 5.54. The summed E-state index contributed by atoms with van der Waals surface area (Å²) >= 11 is 0. The maximum absolute atomic E-state index is 14.3. The van der Waals surface area contributed by atoms with Gasteiger partial charge < -0.3 is 144 Å². The van der Waals surface area contributed by atoms with Crippen molar-refractivity contribution in [1.29, 1.82) is 0 Å². The first kappa shape index (κ1) is 74.1. The average molecular weight is 1280 g/mol. The van der Waals surface area contributed by atoms with Crippen LogP contribution in [0.2, 0.25) is 0 Å². The number of aliphatic hydroxyl groups is 11. The van der Waals surface area contributed by atoms with Crippen LogP contribution in [0.1, 0.15) is 73.6 Å². The Kier molecular flexibility index (Phi) is 28.8. The van der Waals surface area contributed by atoms with E-state index < -0.39 is 240 Å². The van der Waals surface area contributed by atoms with Crippen LogP contribution in [0.4, 0.5) is 0 Å². The van der Waals surface area contributed by atoms with Gasteiger partial charge in [-0.1, -0.05) is 12.8 Å². The molecule has 36 nitrogen and oxygen atoms in total. The molecule has 0 aliphatic carbocycles. The van der Waals surface area contributed by atoms with Crippen LogP contribution in [0.5, 0.6) is 0 Å². The van der Waals surface area contributed by atoms with E-state index in [4.69, 9.17) is 76.8 Å². The van der Waals surface area contributed by atoms with E-state index in [-0.39, 0.29) is 6.61 Å². The van der Waals surface area contributed by atoms with Gasteiger partial charge >= 0.3 is 29.8 Å². The molecule has 0 radical (unpaired) electrons. The Morgan fingerprint density at radius 2 is 1.05 bits per heavy atom. The minimum Gasteiger partial charge on any atom is -0.465 e. The van der Waals surface area contributed by atoms with Crippen molar-refractivity contribution in [2.24, 2.45) is 5.73 Å². The predicted molar refractivity (Wildman–Crippen MR) is 281 cm³/mol. The first-order valence-electron chi connectivity index (χ1n) is 28.3. The molecule has 0 spiro atoms. The lowest BCUT2D eigenvalue weighted by Crippen LogP contribution is -2.72. The lowest BCUT2D eigenvalue weighted by molar-refractivity contribution is -0.390. The van der Waals surface area contributed by atoms with Gasteiger partial charge in [0.15, 0.2) is 37.4 Å². The molecule has 0 aromatic carbocycles. The predicted octanol–water partition coefficient (Wildman–Crippen LogP) is -8.52. The molecule has 0 saturated carbocycles. The molecule has 88 heavy (non-hydrogen) atoms. The molecule has 5 saturated heterocycles. The number of aliphatic hydroxyl groups excluding tert-OH is 11. The number of esters is 5. The summed E-state index contributed by atoms with van der Waals surface area (Å²) in [6.07, 6.45) is -43.0. The van der Waals surface area contributed by atoms with Crippen molar-refractivity contribution in [2.75, 3.05) is 53.3 Å². The Morgan fingerprint density at radius 3 is 1.56 bits per heavy atom. The third kappa shape index (κ3) is 18.8. The zero-order valence-electron chi connectivity index (χ0n) is 49.4. The van der Waals surface area contributed by atoms with Gasteiger partial charge in [0.2, 0.25) is 11.8 Å². The van der Waals surface area contributed by atoms with Gasteiger partial charge in [-0.25, -0.2) is 4.79 Å². The highest BCUT2D eigenvalue weighted by Crippen LogP contribution is 2.41.